The first kappa shape index (κ1) is 41.2. The standard InChI is InChI=1S/C38H44FN5O12/c1-37(2,3)44(36(53)56-16-55-35(52)18-10-8-9-11-21(18)39)15-24(45)41-22-14-23(42(4)5)19-12-17-13-20-28(43(6)7)31(48)27(34(40)51)33(50)38(20,54)32(49)25(17)30(47)26(19)29(22)46/h8-11,14,17,20,28,46,48-49,54H,12-13,15-16H2,1-7H3,(H2,40,51)(H,41,45)/t17-,20-,28-,38-/m0/s1. The molecule has 17 nitrogen and oxygen atoms in total. The maximum Gasteiger partial charge on any atom is 0.413 e. The molecule has 0 unspecified atom stereocenters. The number of anilines is 2. The smallest absolute Gasteiger partial charge is 0.413 e. The molecule has 3 aliphatic rings. The molecule has 2 aromatic rings. The number of aromatic hydroxyl groups is 1. The van der Waals surface area contributed by atoms with Gasteiger partial charge in [0.15, 0.2) is 17.1 Å². The third-order valence-corrected chi connectivity index (χ3v) is 10.3. The largest absolute Gasteiger partial charge is 0.510 e. The van der Waals surface area contributed by atoms with E-state index in [0.717, 1.165) is 11.0 Å². The fourth-order valence-corrected chi connectivity index (χ4v) is 7.62. The topological polar surface area (TPSA) is 250 Å². The van der Waals surface area contributed by atoms with Crippen molar-refractivity contribution in [3.8, 4) is 5.75 Å². The Bertz CT molecular complexity index is 2110. The number of benzene rings is 2. The fourth-order valence-electron chi connectivity index (χ4n) is 7.62. The van der Waals surface area contributed by atoms with Crippen LogP contribution in [0, 0.1) is 17.7 Å². The third-order valence-electron chi connectivity index (χ3n) is 10.3. The molecule has 3 amide bonds. The van der Waals surface area contributed by atoms with E-state index < -0.39 is 112 Å². The molecule has 0 aromatic heterocycles. The van der Waals surface area contributed by atoms with Gasteiger partial charge in [-0.1, -0.05) is 12.1 Å². The van der Waals surface area contributed by atoms with Crippen LogP contribution >= 0.6 is 0 Å². The second kappa shape index (κ2) is 14.9. The molecule has 5 rings (SSSR count). The summed E-state index contributed by atoms with van der Waals surface area (Å²) in [6.45, 7) is 3.21. The Labute approximate surface area is 320 Å². The summed E-state index contributed by atoms with van der Waals surface area (Å²) in [7, 11) is 6.36. The van der Waals surface area contributed by atoms with Crippen molar-refractivity contribution in [3.05, 3.63) is 75.5 Å². The van der Waals surface area contributed by atoms with E-state index in [4.69, 9.17) is 15.2 Å². The molecule has 2 aromatic carbocycles. The zero-order valence-corrected chi connectivity index (χ0v) is 31.8. The Hall–Kier alpha value is -6.01. The molecule has 0 radical (unpaired) electrons. The highest BCUT2D eigenvalue weighted by Crippen LogP contribution is 2.54. The van der Waals surface area contributed by atoms with Gasteiger partial charge in [-0.05, 0) is 77.4 Å². The van der Waals surface area contributed by atoms with Crippen molar-refractivity contribution in [1.82, 2.24) is 9.80 Å². The van der Waals surface area contributed by atoms with Crippen molar-refractivity contribution < 1.29 is 63.1 Å². The minimum atomic E-state index is -2.84. The summed E-state index contributed by atoms with van der Waals surface area (Å²) in [6, 6.07) is 5.30. The highest BCUT2D eigenvalue weighted by atomic mass is 19.1. The SMILES string of the molecule is CN(C)c1cc(NC(=O)CN(C(=O)OCOC(=O)c2ccccc2F)C(C)(C)C)c(O)c2c1C[C@H]1C[C@H]3[C@H](N(C)C)C(O)=C(C(N)=O)C(=O)[C@@]3(O)C(O)=C1C2=O. The lowest BCUT2D eigenvalue weighted by molar-refractivity contribution is -0.148. The number of likely N-dealkylation sites (N-methyl/N-ethyl adjacent to an activating group) is 1. The number of fused-ring (bicyclic) bond motifs is 3. The minimum Gasteiger partial charge on any atom is -0.510 e. The number of aliphatic hydroxyl groups excluding tert-OH is 2. The molecule has 56 heavy (non-hydrogen) atoms. The normalized spacial score (nSPS) is 21.9. The van der Waals surface area contributed by atoms with Crippen LogP contribution in [0.2, 0.25) is 0 Å². The average Bonchev–Trinajstić information content (AvgIpc) is 3.09. The number of hydrogen-bond acceptors (Lipinski definition) is 14. The van der Waals surface area contributed by atoms with Gasteiger partial charge in [0.1, 0.15) is 29.5 Å². The van der Waals surface area contributed by atoms with E-state index in [1.165, 1.54) is 43.3 Å². The molecule has 3 aliphatic carbocycles. The van der Waals surface area contributed by atoms with E-state index in [2.05, 4.69) is 5.32 Å². The molecular formula is C38H44FN5O12. The number of phenols is 1. The summed E-state index contributed by atoms with van der Waals surface area (Å²) in [4.78, 5) is 83.2. The Balaban J connectivity index is 1.45. The van der Waals surface area contributed by atoms with Gasteiger partial charge in [-0.2, -0.15) is 0 Å². The molecule has 0 fully saturated rings. The number of hydrogen-bond donors (Lipinski definition) is 6. The maximum atomic E-state index is 14.3. The number of Topliss-reactive ketones (excluding diaryl/α,β-unsaturated/α-hetero) is 2. The number of carbonyl (C=O) groups is 6. The Morgan fingerprint density at radius 2 is 1.68 bits per heavy atom. The quantitative estimate of drug-likeness (QED) is 0.0925. The van der Waals surface area contributed by atoms with Crippen LogP contribution in [0.3, 0.4) is 0 Å². The predicted octanol–water partition coefficient (Wildman–Crippen LogP) is 2.32. The zero-order valence-electron chi connectivity index (χ0n) is 31.8. The van der Waals surface area contributed by atoms with Gasteiger partial charge in [0.05, 0.1) is 22.9 Å². The molecule has 4 atom stereocenters. The van der Waals surface area contributed by atoms with Crippen molar-refractivity contribution in [2.75, 3.05) is 51.7 Å². The zero-order chi connectivity index (χ0) is 41.8. The minimum absolute atomic E-state index is 0.00890. The average molecular weight is 782 g/mol. The number of nitrogens with zero attached hydrogens (tertiary/aromatic N) is 3. The van der Waals surface area contributed by atoms with Crippen LogP contribution in [0.4, 0.5) is 20.6 Å². The number of nitrogens with one attached hydrogen (secondary N) is 1. The first-order chi connectivity index (χ1) is 26.0. The van der Waals surface area contributed by atoms with Gasteiger partial charge in [0.25, 0.3) is 5.91 Å². The van der Waals surface area contributed by atoms with Crippen LogP contribution in [0.25, 0.3) is 0 Å². The number of esters is 1. The monoisotopic (exact) mass is 781 g/mol. The number of rotatable bonds is 9. The van der Waals surface area contributed by atoms with Crippen molar-refractivity contribution in [3.63, 3.8) is 0 Å². The van der Waals surface area contributed by atoms with Gasteiger partial charge in [-0.3, -0.25) is 29.0 Å². The number of ether oxygens (including phenoxy) is 2. The highest BCUT2D eigenvalue weighted by Gasteiger charge is 2.63. The molecule has 7 N–H and O–H groups in total. The predicted molar refractivity (Wildman–Crippen MR) is 196 cm³/mol. The molecule has 0 bridgehead atoms. The third kappa shape index (κ3) is 7.01. The summed E-state index contributed by atoms with van der Waals surface area (Å²) in [5, 5.41) is 48.6. The summed E-state index contributed by atoms with van der Waals surface area (Å²) in [5.41, 5.74) is -0.0616. The number of nitrogens with two attached hydrogens (primary N) is 1. The lowest BCUT2D eigenvalue weighted by Gasteiger charge is -2.50. The number of amides is 3. The molecule has 18 heteroatoms. The maximum absolute atomic E-state index is 14.3. The van der Waals surface area contributed by atoms with Crippen LogP contribution in [0.5, 0.6) is 5.75 Å². The van der Waals surface area contributed by atoms with Crippen molar-refractivity contribution in [2.24, 2.45) is 17.6 Å². The number of carbonyl (C=O) groups excluding carboxylic acids is 6. The lowest BCUT2D eigenvalue weighted by Crippen LogP contribution is -2.63. The first-order valence-corrected chi connectivity index (χ1v) is 17.4. The molecule has 0 spiro atoms. The second-order valence-electron chi connectivity index (χ2n) is 15.2. The Kier molecular flexibility index (Phi) is 11.0. The number of primary amides is 1. The van der Waals surface area contributed by atoms with Gasteiger partial charge in [-0.15, -0.1) is 0 Å². The lowest BCUT2D eigenvalue weighted by atomic mass is 9.58. The van der Waals surface area contributed by atoms with Gasteiger partial charge in [0, 0.05) is 36.8 Å². The summed E-state index contributed by atoms with van der Waals surface area (Å²) >= 11 is 0. The van der Waals surface area contributed by atoms with Gasteiger partial charge in [0.2, 0.25) is 18.5 Å². The molecule has 0 saturated carbocycles. The van der Waals surface area contributed by atoms with Crippen LogP contribution < -0.4 is 16.0 Å². The molecule has 0 saturated heterocycles. The van der Waals surface area contributed by atoms with Crippen molar-refractivity contribution in [1.29, 1.82) is 0 Å². The van der Waals surface area contributed by atoms with E-state index in [9.17, 15) is 53.6 Å². The Morgan fingerprint density at radius 1 is 1.04 bits per heavy atom. The number of halogens is 1. The number of phenolic OH excluding ortho intramolecular Hbond substituents is 1. The van der Waals surface area contributed by atoms with Gasteiger partial charge < -0.3 is 45.9 Å². The molecule has 300 valence electrons. The Morgan fingerprint density at radius 3 is 2.25 bits per heavy atom. The summed E-state index contributed by atoms with van der Waals surface area (Å²) < 4.78 is 23.9. The van der Waals surface area contributed by atoms with Crippen LogP contribution in [-0.2, 0) is 30.3 Å². The van der Waals surface area contributed by atoms with Crippen molar-refractivity contribution in [2.45, 2.75) is 50.8 Å². The first-order valence-electron chi connectivity index (χ1n) is 17.4. The van der Waals surface area contributed by atoms with E-state index in [-0.39, 0.29) is 29.7 Å². The summed E-state index contributed by atoms with van der Waals surface area (Å²) in [6.07, 6.45) is -1.18. The van der Waals surface area contributed by atoms with Crippen LogP contribution in [0.1, 0.15) is 53.5 Å². The van der Waals surface area contributed by atoms with Gasteiger partial charge in [-0.25, -0.2) is 14.0 Å². The molecule has 0 aliphatic heterocycles. The van der Waals surface area contributed by atoms with E-state index in [0.29, 0.717) is 11.3 Å². The van der Waals surface area contributed by atoms with Crippen LogP contribution in [0.15, 0.2) is 53.0 Å². The van der Waals surface area contributed by atoms with Crippen LogP contribution in [-0.4, -0.2) is 124 Å². The second-order valence-corrected chi connectivity index (χ2v) is 15.2. The number of allylic oxidation sites excluding steroid dienone is 1. The fraction of sp³-hybridized carbons (Fsp3) is 0.421. The molecule has 0 heterocycles. The van der Waals surface area contributed by atoms with E-state index in [1.54, 1.807) is 39.8 Å². The number of ketones is 2. The highest BCUT2D eigenvalue weighted by molar-refractivity contribution is 6.25. The van der Waals surface area contributed by atoms with E-state index in [1.807, 2.05) is 0 Å². The number of aliphatic hydroxyl groups is 3. The molecular weight excluding hydrogens is 737 g/mol. The van der Waals surface area contributed by atoms with E-state index >= 15 is 0 Å². The summed E-state index contributed by atoms with van der Waals surface area (Å²) in [5.74, 6) is -10.9. The van der Waals surface area contributed by atoms with Crippen molar-refractivity contribution >= 4 is 46.8 Å². The van der Waals surface area contributed by atoms with Gasteiger partial charge >= 0.3 is 12.1 Å².